The van der Waals surface area contributed by atoms with E-state index in [4.69, 9.17) is 0 Å². The number of hydrogen-bond acceptors (Lipinski definition) is 0. The van der Waals surface area contributed by atoms with Crippen molar-refractivity contribution in [1.29, 1.82) is 0 Å². The Hall–Kier alpha value is 0. The van der Waals surface area contributed by atoms with Gasteiger partial charge in [-0.2, -0.15) is 0 Å². The Kier molecular flexibility index (Phi) is 13.4. The van der Waals surface area contributed by atoms with E-state index in [2.05, 4.69) is 48.5 Å². The minimum atomic E-state index is 0.911. The minimum Gasteiger partial charge on any atom is -0.0651 e. The van der Waals surface area contributed by atoms with Crippen LogP contribution < -0.4 is 0 Å². The Morgan fingerprint density at radius 3 is 1.05 bits per heavy atom. The summed E-state index contributed by atoms with van der Waals surface area (Å²) < 4.78 is 0. The molecule has 0 N–H and O–H groups in total. The van der Waals surface area contributed by atoms with Crippen molar-refractivity contribution in [2.24, 2.45) is 29.6 Å². The summed E-state index contributed by atoms with van der Waals surface area (Å²) in [6, 6.07) is 0. The van der Waals surface area contributed by atoms with Gasteiger partial charge in [0.05, 0.1) is 0 Å². The van der Waals surface area contributed by atoms with Crippen LogP contribution in [0.15, 0.2) is 0 Å². The third-order valence-corrected chi connectivity index (χ3v) is 6.32. The molecule has 0 heterocycles. The van der Waals surface area contributed by atoms with Crippen LogP contribution in [0.3, 0.4) is 0 Å². The van der Waals surface area contributed by atoms with Gasteiger partial charge in [0.2, 0.25) is 0 Å². The zero-order chi connectivity index (χ0) is 17.0. The molecule has 22 heavy (non-hydrogen) atoms. The van der Waals surface area contributed by atoms with E-state index in [0.29, 0.717) is 0 Å². The predicted octanol–water partition coefficient (Wildman–Crippen LogP) is 8.11. The first kappa shape index (κ1) is 22.0. The van der Waals surface area contributed by atoms with Crippen LogP contribution in [0.25, 0.3) is 0 Å². The molecule has 0 aromatic heterocycles. The van der Waals surface area contributed by atoms with Crippen molar-refractivity contribution in [2.45, 2.75) is 113 Å². The maximum Gasteiger partial charge on any atom is -0.0412 e. The van der Waals surface area contributed by atoms with E-state index in [1.807, 2.05) is 0 Å². The van der Waals surface area contributed by atoms with Gasteiger partial charge in [0, 0.05) is 0 Å². The van der Waals surface area contributed by atoms with Crippen LogP contribution in [0.4, 0.5) is 0 Å². The van der Waals surface area contributed by atoms with Gasteiger partial charge in [-0.25, -0.2) is 0 Å². The Morgan fingerprint density at radius 1 is 0.409 bits per heavy atom. The highest BCUT2D eigenvalue weighted by Gasteiger charge is 2.20. The predicted molar refractivity (Wildman–Crippen MR) is 103 cm³/mol. The second kappa shape index (κ2) is 13.4. The lowest BCUT2D eigenvalue weighted by atomic mass is 9.77. The van der Waals surface area contributed by atoms with Gasteiger partial charge in [0.1, 0.15) is 0 Å². The summed E-state index contributed by atoms with van der Waals surface area (Å²) in [6.07, 6.45) is 14.1. The zero-order valence-electron chi connectivity index (χ0n) is 17.0. The fraction of sp³-hybridized carbons (Fsp3) is 1.00. The van der Waals surface area contributed by atoms with E-state index >= 15 is 0 Å². The fourth-order valence-electron chi connectivity index (χ4n) is 4.06. The van der Waals surface area contributed by atoms with Crippen molar-refractivity contribution in [3.63, 3.8) is 0 Å². The maximum atomic E-state index is 2.44. The second-order valence-electron chi connectivity index (χ2n) is 7.96. The van der Waals surface area contributed by atoms with Crippen LogP contribution >= 0.6 is 0 Å². The van der Waals surface area contributed by atoms with E-state index in [1.54, 1.807) is 0 Å². The lowest BCUT2D eigenvalue weighted by Gasteiger charge is -2.28. The van der Waals surface area contributed by atoms with Gasteiger partial charge in [-0.15, -0.1) is 0 Å². The Balaban J connectivity index is 4.46. The van der Waals surface area contributed by atoms with Gasteiger partial charge in [-0.05, 0) is 55.3 Å². The topological polar surface area (TPSA) is 0 Å². The van der Waals surface area contributed by atoms with E-state index in [-0.39, 0.29) is 0 Å². The molecule has 4 unspecified atom stereocenters. The van der Waals surface area contributed by atoms with Crippen molar-refractivity contribution < 1.29 is 0 Å². The van der Waals surface area contributed by atoms with E-state index in [1.165, 1.54) is 64.2 Å². The minimum absolute atomic E-state index is 0.911. The third kappa shape index (κ3) is 9.21. The molecule has 0 amide bonds. The van der Waals surface area contributed by atoms with E-state index in [0.717, 1.165) is 29.6 Å². The zero-order valence-corrected chi connectivity index (χ0v) is 17.0. The summed E-state index contributed by atoms with van der Waals surface area (Å²) in [5.74, 6) is 4.77. The van der Waals surface area contributed by atoms with Gasteiger partial charge in [-0.3, -0.25) is 0 Å². The monoisotopic (exact) mass is 310 g/mol. The Bertz CT molecular complexity index is 228. The summed E-state index contributed by atoms with van der Waals surface area (Å²) in [4.78, 5) is 0. The van der Waals surface area contributed by atoms with Crippen molar-refractivity contribution in [3.8, 4) is 0 Å². The molecule has 0 saturated carbocycles. The molecule has 0 aromatic carbocycles. The lowest BCUT2D eigenvalue weighted by Crippen LogP contribution is -2.16. The van der Waals surface area contributed by atoms with Gasteiger partial charge >= 0.3 is 0 Å². The molecule has 0 aliphatic rings. The van der Waals surface area contributed by atoms with Gasteiger partial charge in [-0.1, -0.05) is 87.0 Å². The largest absolute Gasteiger partial charge is 0.0651 e. The highest BCUT2D eigenvalue weighted by molar-refractivity contribution is 4.72. The van der Waals surface area contributed by atoms with Crippen LogP contribution in [0.1, 0.15) is 113 Å². The van der Waals surface area contributed by atoms with Crippen molar-refractivity contribution in [2.75, 3.05) is 0 Å². The van der Waals surface area contributed by atoms with Gasteiger partial charge in [0.15, 0.2) is 0 Å². The molecule has 0 fully saturated rings. The molecular weight excluding hydrogens is 264 g/mol. The molecular formula is C22H46. The summed E-state index contributed by atoms with van der Waals surface area (Å²) in [5.41, 5.74) is 0. The first-order chi connectivity index (χ1) is 10.5. The average molecular weight is 311 g/mol. The molecule has 0 radical (unpaired) electrons. The smallest absolute Gasteiger partial charge is 0.0412 e. The normalized spacial score (nSPS) is 17.5. The molecule has 0 heteroatoms. The van der Waals surface area contributed by atoms with Crippen LogP contribution in [-0.4, -0.2) is 0 Å². The van der Waals surface area contributed by atoms with Crippen LogP contribution in [-0.2, 0) is 0 Å². The highest BCUT2D eigenvalue weighted by atomic mass is 14.3. The number of hydrogen-bond donors (Lipinski definition) is 0. The summed E-state index contributed by atoms with van der Waals surface area (Å²) in [7, 11) is 0. The molecule has 0 nitrogen and oxygen atoms in total. The molecule has 0 aliphatic heterocycles. The highest BCUT2D eigenvalue weighted by Crippen LogP contribution is 2.33. The quantitative estimate of drug-likeness (QED) is 0.304. The first-order valence-electron chi connectivity index (χ1n) is 10.5. The van der Waals surface area contributed by atoms with Crippen LogP contribution in [0.5, 0.6) is 0 Å². The molecule has 0 aromatic rings. The van der Waals surface area contributed by atoms with Gasteiger partial charge < -0.3 is 0 Å². The Morgan fingerprint density at radius 2 is 0.727 bits per heavy atom. The molecule has 0 saturated heterocycles. The van der Waals surface area contributed by atoms with Gasteiger partial charge in [0.25, 0.3) is 0 Å². The molecule has 134 valence electrons. The second-order valence-corrected chi connectivity index (χ2v) is 7.96. The lowest BCUT2D eigenvalue weighted by molar-refractivity contribution is 0.234. The van der Waals surface area contributed by atoms with Crippen LogP contribution in [0, 0.1) is 29.6 Å². The third-order valence-electron chi connectivity index (χ3n) is 6.32. The molecule has 0 spiro atoms. The van der Waals surface area contributed by atoms with E-state index in [9.17, 15) is 0 Å². The molecule has 4 atom stereocenters. The van der Waals surface area contributed by atoms with Crippen LogP contribution in [0.2, 0.25) is 0 Å². The fourth-order valence-corrected chi connectivity index (χ4v) is 4.06. The number of rotatable bonds is 14. The van der Waals surface area contributed by atoms with Crippen molar-refractivity contribution in [1.82, 2.24) is 0 Å². The SMILES string of the molecule is CCC(C)CC(CC)CC(CC)CC(CC)CC(CC)CC. The standard InChI is InChI=1S/C22H46/c1-8-18(7)14-20(11-4)16-22(13-6)17-21(12-5)15-19(9-2)10-3/h18-22H,8-17H2,1-7H3. The maximum absolute atomic E-state index is 2.44. The Labute approximate surface area is 142 Å². The van der Waals surface area contributed by atoms with E-state index < -0.39 is 0 Å². The van der Waals surface area contributed by atoms with Crippen molar-refractivity contribution >= 4 is 0 Å². The summed E-state index contributed by atoms with van der Waals surface area (Å²) in [6.45, 7) is 16.8. The average Bonchev–Trinajstić information content (AvgIpc) is 2.56. The summed E-state index contributed by atoms with van der Waals surface area (Å²) >= 11 is 0. The summed E-state index contributed by atoms with van der Waals surface area (Å²) in [5, 5.41) is 0. The molecule has 0 bridgehead atoms. The molecule has 0 rings (SSSR count). The first-order valence-corrected chi connectivity index (χ1v) is 10.5. The molecule has 0 aliphatic carbocycles. The van der Waals surface area contributed by atoms with Crippen molar-refractivity contribution in [3.05, 3.63) is 0 Å².